The molecule has 0 spiro atoms. The maximum absolute atomic E-state index is 14.2. The van der Waals surface area contributed by atoms with Crippen LogP contribution in [0.3, 0.4) is 0 Å². The summed E-state index contributed by atoms with van der Waals surface area (Å²) in [4.78, 5) is 22.1. The summed E-state index contributed by atoms with van der Waals surface area (Å²) in [5, 5.41) is 1.24. The Labute approximate surface area is 296 Å². The van der Waals surface area contributed by atoms with E-state index in [4.69, 9.17) is 9.47 Å². The molecule has 4 nitrogen and oxygen atoms in total. The Bertz CT molecular complexity index is 1120. The number of ether oxygens (including phenoxy) is 2. The first-order chi connectivity index (χ1) is 23.2. The number of carbonyl (C=O) groups excluding carboxylic acids is 2. The van der Waals surface area contributed by atoms with Crippen LogP contribution in [0.4, 0.5) is 13.2 Å². The smallest absolute Gasteiger partial charge is 0.393 e. The van der Waals surface area contributed by atoms with Gasteiger partial charge < -0.3 is 9.47 Å². The van der Waals surface area contributed by atoms with Gasteiger partial charge in [-0.1, -0.05) is 36.8 Å². The lowest BCUT2D eigenvalue weighted by Gasteiger charge is -2.33. The number of alkyl halides is 3. The van der Waals surface area contributed by atoms with Crippen molar-refractivity contribution in [3.8, 4) is 23.7 Å². The minimum atomic E-state index is -4.24. The van der Waals surface area contributed by atoms with Crippen LogP contribution in [0.15, 0.2) is 25.3 Å². The lowest BCUT2D eigenvalue weighted by atomic mass is 9.73. The fraction of sp³-hybridized carbons (Fsp3) is 0.744. The van der Waals surface area contributed by atoms with Gasteiger partial charge in [0.15, 0.2) is 0 Å². The summed E-state index contributed by atoms with van der Waals surface area (Å²) in [6, 6.07) is 0. The van der Waals surface area contributed by atoms with Crippen molar-refractivity contribution in [3.05, 3.63) is 25.3 Å². The van der Waals surface area contributed by atoms with Crippen molar-refractivity contribution in [2.75, 3.05) is 24.7 Å². The van der Waals surface area contributed by atoms with Gasteiger partial charge in [0.05, 0.1) is 19.1 Å². The summed E-state index contributed by atoms with van der Waals surface area (Å²) in [5.41, 5.74) is 0. The first-order valence-corrected chi connectivity index (χ1v) is 20.2. The first kappa shape index (κ1) is 40.5. The van der Waals surface area contributed by atoms with E-state index < -0.39 is 18.0 Å². The van der Waals surface area contributed by atoms with E-state index in [-0.39, 0.29) is 30.2 Å². The molecule has 0 aromatic carbocycles. The highest BCUT2D eigenvalue weighted by molar-refractivity contribution is 8.00. The maximum Gasteiger partial charge on any atom is 0.393 e. The molecule has 3 aliphatic carbocycles. The normalized spacial score (nSPS) is 27.4. The van der Waals surface area contributed by atoms with Crippen molar-refractivity contribution in [1.29, 1.82) is 0 Å². The highest BCUT2D eigenvalue weighted by Gasteiger charge is 2.47. The van der Waals surface area contributed by atoms with Crippen LogP contribution < -0.4 is 0 Å². The molecule has 0 aliphatic heterocycles. The van der Waals surface area contributed by atoms with Crippen LogP contribution >= 0.6 is 23.5 Å². The van der Waals surface area contributed by atoms with E-state index in [1.807, 2.05) is 23.5 Å². The summed E-state index contributed by atoms with van der Waals surface area (Å²) in [6.07, 6.45) is 13.7. The number of unbranched alkanes of at least 4 members (excludes halogenated alkanes) is 4. The minimum absolute atomic E-state index is 0.0773. The number of halogens is 3. The summed E-state index contributed by atoms with van der Waals surface area (Å²) >= 11 is 4.01. The molecule has 0 amide bonds. The lowest BCUT2D eigenvalue weighted by Crippen LogP contribution is -2.35. The van der Waals surface area contributed by atoms with Gasteiger partial charge in [-0.15, -0.1) is 0 Å². The fourth-order valence-corrected chi connectivity index (χ4v) is 9.39. The van der Waals surface area contributed by atoms with Crippen LogP contribution in [-0.2, 0) is 19.1 Å². The molecular weight excluding hydrogens is 654 g/mol. The van der Waals surface area contributed by atoms with Crippen LogP contribution in [0, 0.1) is 53.3 Å². The second-order valence-corrected chi connectivity index (χ2v) is 16.2. The predicted molar refractivity (Wildman–Crippen MR) is 192 cm³/mol. The molecule has 3 atom stereocenters. The van der Waals surface area contributed by atoms with E-state index in [1.165, 1.54) is 12.2 Å². The molecule has 0 N–H and O–H groups in total. The third kappa shape index (κ3) is 16.2. The number of hydrogen-bond donors (Lipinski definition) is 0. The van der Waals surface area contributed by atoms with Gasteiger partial charge in [-0.05, 0) is 121 Å². The van der Waals surface area contributed by atoms with Crippen molar-refractivity contribution in [1.82, 2.24) is 0 Å². The minimum Gasteiger partial charge on any atom is -0.463 e. The molecule has 0 aromatic rings. The molecule has 0 saturated heterocycles. The van der Waals surface area contributed by atoms with E-state index in [2.05, 4.69) is 36.8 Å². The van der Waals surface area contributed by atoms with Gasteiger partial charge in [0.2, 0.25) is 0 Å². The molecule has 9 heteroatoms. The van der Waals surface area contributed by atoms with Gasteiger partial charge in [-0.2, -0.15) is 36.7 Å². The highest BCUT2D eigenvalue weighted by Crippen LogP contribution is 2.44. The van der Waals surface area contributed by atoms with E-state index in [0.29, 0.717) is 42.5 Å². The first-order valence-electron chi connectivity index (χ1n) is 18.1. The third-order valence-electron chi connectivity index (χ3n) is 9.69. The van der Waals surface area contributed by atoms with E-state index in [0.717, 1.165) is 101 Å². The van der Waals surface area contributed by atoms with Gasteiger partial charge in [-0.3, -0.25) is 0 Å². The van der Waals surface area contributed by atoms with Crippen molar-refractivity contribution >= 4 is 35.5 Å². The summed E-state index contributed by atoms with van der Waals surface area (Å²) in [7, 11) is 0. The molecule has 3 fully saturated rings. The van der Waals surface area contributed by atoms with Crippen LogP contribution in [0.2, 0.25) is 0 Å². The molecule has 3 saturated carbocycles. The Kier molecular flexibility index (Phi) is 19.1. The molecule has 48 heavy (non-hydrogen) atoms. The topological polar surface area (TPSA) is 52.6 Å². The average Bonchev–Trinajstić information content (AvgIpc) is 3.09. The van der Waals surface area contributed by atoms with Gasteiger partial charge in [-0.25, -0.2) is 9.59 Å². The van der Waals surface area contributed by atoms with Gasteiger partial charge in [0.1, 0.15) is 0 Å². The molecular formula is C39H55F3O4S2. The molecule has 0 heterocycles. The van der Waals surface area contributed by atoms with E-state index >= 15 is 0 Å². The van der Waals surface area contributed by atoms with Crippen LogP contribution in [0.25, 0.3) is 0 Å². The molecule has 0 bridgehead atoms. The second kappa shape index (κ2) is 22.7. The standard InChI is InChI=1S/C39H55F3O4S2/c1-3-37(43)45-25-7-5-9-27-47-34-21-15-30(16-22-34)11-12-32-14-20-33(36(29-32)39(40,41)42)19-13-31-17-23-35(24-18-31)48-28-10-6-8-26-46-38(44)4-2/h3-4,30-36H,1-2,5-10,14-18,20-29H2. The number of hydrogen-bond acceptors (Lipinski definition) is 6. The molecule has 0 radical (unpaired) electrons. The zero-order chi connectivity index (χ0) is 34.6. The monoisotopic (exact) mass is 708 g/mol. The largest absolute Gasteiger partial charge is 0.463 e. The van der Waals surface area contributed by atoms with Crippen molar-refractivity contribution < 1.29 is 32.2 Å². The van der Waals surface area contributed by atoms with Gasteiger partial charge >= 0.3 is 18.1 Å². The Balaban J connectivity index is 1.31. The number of thioether (sulfide) groups is 2. The van der Waals surface area contributed by atoms with Crippen LogP contribution in [-0.4, -0.2) is 53.3 Å². The molecule has 3 aliphatic rings. The molecule has 3 unspecified atom stereocenters. The maximum atomic E-state index is 14.2. The third-order valence-corrected chi connectivity index (χ3v) is 12.6. The van der Waals surface area contributed by atoms with Gasteiger partial charge in [0.25, 0.3) is 0 Å². The summed E-state index contributed by atoms with van der Waals surface area (Å²) in [6.45, 7) is 7.67. The zero-order valence-corrected chi connectivity index (χ0v) is 30.2. The Morgan fingerprint density at radius 2 is 1.06 bits per heavy atom. The van der Waals surface area contributed by atoms with E-state index in [9.17, 15) is 22.8 Å². The van der Waals surface area contributed by atoms with Crippen molar-refractivity contribution in [2.45, 2.75) is 126 Å². The number of esters is 2. The lowest BCUT2D eigenvalue weighted by molar-refractivity contribution is -0.192. The summed E-state index contributed by atoms with van der Waals surface area (Å²) in [5.74, 6) is 12.8. The second-order valence-electron chi connectivity index (χ2n) is 13.4. The molecule has 3 rings (SSSR count). The van der Waals surface area contributed by atoms with Crippen LogP contribution in [0.5, 0.6) is 0 Å². The van der Waals surface area contributed by atoms with Crippen molar-refractivity contribution in [3.63, 3.8) is 0 Å². The fourth-order valence-electron chi connectivity index (χ4n) is 6.77. The molecule has 268 valence electrons. The highest BCUT2D eigenvalue weighted by atomic mass is 32.2. The SMILES string of the molecule is C=CC(=O)OCCCCCSC1CCC(C#CC2CCC(C#CC3CCC(SCCCCCOC(=O)C=C)CC3)C(C(F)(F)F)C2)CC1. The zero-order valence-electron chi connectivity index (χ0n) is 28.5. The average molecular weight is 709 g/mol. The van der Waals surface area contributed by atoms with Gasteiger partial charge in [0, 0.05) is 46.3 Å². The Morgan fingerprint density at radius 1 is 0.625 bits per heavy atom. The number of rotatable bonds is 16. The number of carbonyl (C=O) groups is 2. The predicted octanol–water partition coefficient (Wildman–Crippen LogP) is 9.97. The van der Waals surface area contributed by atoms with E-state index in [1.54, 1.807) is 0 Å². The van der Waals surface area contributed by atoms with Crippen LogP contribution in [0.1, 0.15) is 109 Å². The summed E-state index contributed by atoms with van der Waals surface area (Å²) < 4.78 is 52.5. The molecule has 0 aromatic heterocycles. The van der Waals surface area contributed by atoms with Crippen molar-refractivity contribution in [2.24, 2.45) is 29.6 Å². The Morgan fingerprint density at radius 3 is 1.52 bits per heavy atom. The quantitative estimate of drug-likeness (QED) is 0.0689. The Hall–Kier alpha value is -1.97.